The molecule has 1 saturated heterocycles. The van der Waals surface area contributed by atoms with E-state index in [9.17, 15) is 9.59 Å². The number of nitrogens with two attached hydrogens (primary N) is 1. The summed E-state index contributed by atoms with van der Waals surface area (Å²) >= 11 is 6.33. The topological polar surface area (TPSA) is 97.6 Å². The summed E-state index contributed by atoms with van der Waals surface area (Å²) in [6, 6.07) is 12.9. The molecule has 1 aromatic heterocycles. The van der Waals surface area contributed by atoms with Crippen LogP contribution < -0.4 is 10.5 Å². The molecule has 0 aliphatic carbocycles. The molecule has 3 N–H and O–H groups in total. The smallest absolute Gasteiger partial charge is 0.411 e. The molecule has 39 heavy (non-hydrogen) atoms. The first-order valence-corrected chi connectivity index (χ1v) is 14.0. The quantitative estimate of drug-likeness (QED) is 0.258. The molecule has 2 atom stereocenters. The Morgan fingerprint density at radius 1 is 1.10 bits per heavy atom. The number of amides is 1. The number of hydrogen-bond donors (Lipinski definition) is 2. The second kappa shape index (κ2) is 11.2. The van der Waals surface area contributed by atoms with Crippen molar-refractivity contribution in [2.45, 2.75) is 78.4 Å². The standard InChI is InChI=1S/C31H40ClN3O4/c1-30(2,3)26(27-22(15-16-33)23-18-20(32)11-14-24(23)34-27)19-9-12-21(13-10-19)38-28(36)25-8-7-17-35(25)29(37)39-31(4,5)6/h9-14,18,25-26,34H,7-8,15-17,33H2,1-6H3. The maximum absolute atomic E-state index is 13.0. The number of esters is 1. The predicted octanol–water partition coefficient (Wildman–Crippen LogP) is 6.81. The highest BCUT2D eigenvalue weighted by molar-refractivity contribution is 6.31. The van der Waals surface area contributed by atoms with E-state index in [1.54, 1.807) is 0 Å². The number of rotatable bonds is 6. The molecule has 8 heteroatoms. The molecule has 7 nitrogen and oxygen atoms in total. The van der Waals surface area contributed by atoms with Gasteiger partial charge in [0.1, 0.15) is 17.4 Å². The van der Waals surface area contributed by atoms with Crippen LogP contribution in [0.3, 0.4) is 0 Å². The molecule has 1 aliphatic rings. The van der Waals surface area contributed by atoms with Crippen LogP contribution in [0.5, 0.6) is 5.75 Å². The van der Waals surface area contributed by atoms with Crippen LogP contribution in [0.4, 0.5) is 4.79 Å². The fourth-order valence-electron chi connectivity index (χ4n) is 5.46. The van der Waals surface area contributed by atoms with E-state index in [4.69, 9.17) is 26.8 Å². The third-order valence-corrected chi connectivity index (χ3v) is 7.27. The summed E-state index contributed by atoms with van der Waals surface area (Å²) in [5, 5.41) is 1.78. The number of carbonyl (C=O) groups excluding carboxylic acids is 2. The number of fused-ring (bicyclic) bond motifs is 1. The summed E-state index contributed by atoms with van der Waals surface area (Å²) in [6.07, 6.45) is 1.52. The number of aromatic nitrogens is 1. The van der Waals surface area contributed by atoms with Crippen molar-refractivity contribution < 1.29 is 19.1 Å². The molecule has 0 spiro atoms. The third kappa shape index (κ3) is 6.59. The second-order valence-electron chi connectivity index (χ2n) is 12.4. The van der Waals surface area contributed by atoms with Crippen molar-refractivity contribution in [3.63, 3.8) is 0 Å². The molecule has 2 aromatic carbocycles. The number of likely N-dealkylation sites (tertiary alicyclic amines) is 1. The van der Waals surface area contributed by atoms with Crippen LogP contribution in [-0.4, -0.2) is 46.7 Å². The Labute approximate surface area is 236 Å². The van der Waals surface area contributed by atoms with Crippen molar-refractivity contribution in [1.29, 1.82) is 0 Å². The van der Waals surface area contributed by atoms with Crippen molar-refractivity contribution in [2.24, 2.45) is 11.1 Å². The lowest BCUT2D eigenvalue weighted by Crippen LogP contribution is -2.44. The molecule has 4 rings (SSSR count). The minimum absolute atomic E-state index is 0.0347. The number of ether oxygens (including phenoxy) is 2. The van der Waals surface area contributed by atoms with Gasteiger partial charge in [0.2, 0.25) is 0 Å². The molecular formula is C31H40ClN3O4. The zero-order valence-electron chi connectivity index (χ0n) is 23.8. The van der Waals surface area contributed by atoms with Crippen LogP contribution in [0.25, 0.3) is 10.9 Å². The Bertz CT molecular complexity index is 1330. The average Bonchev–Trinajstić information content (AvgIpc) is 3.45. The number of halogens is 1. The van der Waals surface area contributed by atoms with Gasteiger partial charge >= 0.3 is 12.1 Å². The lowest BCUT2D eigenvalue weighted by Gasteiger charge is -2.32. The van der Waals surface area contributed by atoms with E-state index in [2.05, 4.69) is 25.8 Å². The molecule has 1 amide bonds. The van der Waals surface area contributed by atoms with Crippen molar-refractivity contribution >= 4 is 34.6 Å². The maximum Gasteiger partial charge on any atom is 0.411 e. The summed E-state index contributed by atoms with van der Waals surface area (Å²) in [5.74, 6) is 0.0294. The summed E-state index contributed by atoms with van der Waals surface area (Å²) in [4.78, 5) is 30.8. The highest BCUT2D eigenvalue weighted by Crippen LogP contribution is 2.44. The molecule has 0 saturated carbocycles. The Morgan fingerprint density at radius 3 is 2.41 bits per heavy atom. The van der Waals surface area contributed by atoms with E-state index in [0.717, 1.165) is 35.0 Å². The van der Waals surface area contributed by atoms with Crippen LogP contribution in [0.2, 0.25) is 5.02 Å². The first kappa shape index (κ1) is 29.0. The lowest BCUT2D eigenvalue weighted by molar-refractivity contribution is -0.139. The Morgan fingerprint density at radius 2 is 1.79 bits per heavy atom. The van der Waals surface area contributed by atoms with Crippen molar-refractivity contribution in [1.82, 2.24) is 9.88 Å². The normalized spacial score (nSPS) is 16.9. The predicted molar refractivity (Wildman–Crippen MR) is 155 cm³/mol. The van der Waals surface area contributed by atoms with Gasteiger partial charge in [-0.2, -0.15) is 0 Å². The highest BCUT2D eigenvalue weighted by Gasteiger charge is 2.38. The van der Waals surface area contributed by atoms with Gasteiger partial charge in [-0.05, 0) is 93.5 Å². The van der Waals surface area contributed by atoms with Gasteiger partial charge in [0.25, 0.3) is 0 Å². The third-order valence-electron chi connectivity index (χ3n) is 7.03. The molecular weight excluding hydrogens is 514 g/mol. The SMILES string of the molecule is CC(C)(C)OC(=O)N1CCCC1C(=O)Oc1ccc(C(c2[nH]c3ccc(Cl)cc3c2CCN)C(C)(C)C)cc1. The monoisotopic (exact) mass is 553 g/mol. The molecule has 2 unspecified atom stereocenters. The first-order valence-electron chi connectivity index (χ1n) is 13.6. The molecule has 0 bridgehead atoms. The summed E-state index contributed by atoms with van der Waals surface area (Å²) in [5.41, 5.74) is 9.68. The first-order chi connectivity index (χ1) is 18.3. The summed E-state index contributed by atoms with van der Waals surface area (Å²) in [6.45, 7) is 13.1. The van der Waals surface area contributed by atoms with E-state index in [1.165, 1.54) is 10.5 Å². The zero-order chi connectivity index (χ0) is 28.5. The van der Waals surface area contributed by atoms with Crippen molar-refractivity contribution in [2.75, 3.05) is 13.1 Å². The van der Waals surface area contributed by atoms with Gasteiger partial charge in [0.05, 0.1) is 0 Å². The van der Waals surface area contributed by atoms with Crippen LogP contribution in [0.15, 0.2) is 42.5 Å². The van der Waals surface area contributed by atoms with Gasteiger partial charge < -0.3 is 20.2 Å². The maximum atomic E-state index is 13.0. The number of nitrogens with zero attached hydrogens (tertiary/aromatic N) is 1. The van der Waals surface area contributed by atoms with Gasteiger partial charge in [-0.1, -0.05) is 44.5 Å². The number of carbonyl (C=O) groups is 2. The Balaban J connectivity index is 1.58. The van der Waals surface area contributed by atoms with E-state index in [-0.39, 0.29) is 11.3 Å². The number of aromatic amines is 1. The Hall–Kier alpha value is -3.03. The van der Waals surface area contributed by atoms with Gasteiger partial charge in [-0.25, -0.2) is 9.59 Å². The van der Waals surface area contributed by atoms with E-state index < -0.39 is 23.7 Å². The van der Waals surface area contributed by atoms with Gasteiger partial charge in [-0.15, -0.1) is 0 Å². The zero-order valence-corrected chi connectivity index (χ0v) is 24.5. The van der Waals surface area contributed by atoms with Gasteiger partial charge in [-0.3, -0.25) is 4.90 Å². The lowest BCUT2D eigenvalue weighted by atomic mass is 9.73. The molecule has 0 radical (unpaired) electrons. The highest BCUT2D eigenvalue weighted by atomic mass is 35.5. The van der Waals surface area contributed by atoms with Crippen LogP contribution >= 0.6 is 11.6 Å². The molecule has 3 aromatic rings. The van der Waals surface area contributed by atoms with E-state index in [0.29, 0.717) is 30.3 Å². The van der Waals surface area contributed by atoms with Gasteiger partial charge in [0, 0.05) is 34.1 Å². The summed E-state index contributed by atoms with van der Waals surface area (Å²) < 4.78 is 11.2. The average molecular weight is 554 g/mol. The molecule has 210 valence electrons. The summed E-state index contributed by atoms with van der Waals surface area (Å²) in [7, 11) is 0. The van der Waals surface area contributed by atoms with E-state index in [1.807, 2.05) is 63.2 Å². The minimum Gasteiger partial charge on any atom is -0.444 e. The van der Waals surface area contributed by atoms with Crippen LogP contribution in [0.1, 0.15) is 77.1 Å². The van der Waals surface area contributed by atoms with Gasteiger partial charge in [0.15, 0.2) is 0 Å². The molecule has 1 aliphatic heterocycles. The molecule has 2 heterocycles. The number of benzene rings is 2. The van der Waals surface area contributed by atoms with Crippen LogP contribution in [-0.2, 0) is 16.0 Å². The molecule has 1 fully saturated rings. The number of nitrogens with one attached hydrogen (secondary N) is 1. The number of hydrogen-bond acceptors (Lipinski definition) is 5. The fourth-order valence-corrected chi connectivity index (χ4v) is 5.64. The van der Waals surface area contributed by atoms with E-state index >= 15 is 0 Å². The Kier molecular flexibility index (Phi) is 8.33. The van der Waals surface area contributed by atoms with Crippen molar-refractivity contribution in [3.8, 4) is 5.75 Å². The van der Waals surface area contributed by atoms with Crippen molar-refractivity contribution in [3.05, 3.63) is 64.3 Å². The number of H-pyrrole nitrogens is 1. The second-order valence-corrected chi connectivity index (χ2v) is 12.8. The largest absolute Gasteiger partial charge is 0.444 e. The van der Waals surface area contributed by atoms with Crippen LogP contribution in [0, 0.1) is 5.41 Å². The minimum atomic E-state index is -0.654. The fraction of sp³-hybridized carbons (Fsp3) is 0.484.